The van der Waals surface area contributed by atoms with Crippen molar-refractivity contribution in [2.45, 2.75) is 25.3 Å². The van der Waals surface area contributed by atoms with Crippen molar-refractivity contribution in [3.8, 4) is 0 Å². The van der Waals surface area contributed by atoms with E-state index in [0.29, 0.717) is 6.42 Å². The number of nitrogens with zero attached hydrogens (tertiary/aromatic N) is 1. The fourth-order valence-electron chi connectivity index (χ4n) is 2.72. The van der Waals surface area contributed by atoms with Crippen molar-refractivity contribution >= 4 is 17.2 Å². The van der Waals surface area contributed by atoms with Gasteiger partial charge in [-0.1, -0.05) is 18.2 Å². The number of carbonyl (C=O) groups is 1. The molecule has 104 valence electrons. The van der Waals surface area contributed by atoms with Crippen molar-refractivity contribution in [2.24, 2.45) is 0 Å². The normalized spacial score (nSPS) is 18.4. The monoisotopic (exact) mass is 289 g/mol. The second-order valence-electron chi connectivity index (χ2n) is 5.06. The van der Waals surface area contributed by atoms with Gasteiger partial charge in [-0.2, -0.15) is 0 Å². The molecule has 1 atom stereocenters. The summed E-state index contributed by atoms with van der Waals surface area (Å²) in [5.41, 5.74) is 0.869. The van der Waals surface area contributed by atoms with Gasteiger partial charge in [0, 0.05) is 11.4 Å². The zero-order valence-corrected chi connectivity index (χ0v) is 11.9. The van der Waals surface area contributed by atoms with Crippen LogP contribution in [0.25, 0.3) is 0 Å². The van der Waals surface area contributed by atoms with Crippen LogP contribution in [-0.2, 0) is 11.2 Å². The fourth-order valence-corrected chi connectivity index (χ4v) is 3.59. The van der Waals surface area contributed by atoms with Gasteiger partial charge < -0.3 is 4.90 Å². The van der Waals surface area contributed by atoms with E-state index in [1.54, 1.807) is 23.5 Å². The van der Waals surface area contributed by atoms with Crippen molar-refractivity contribution in [1.82, 2.24) is 4.90 Å². The Morgan fingerprint density at radius 1 is 1.30 bits per heavy atom. The smallest absolute Gasteiger partial charge is 0.227 e. The number of halogens is 1. The lowest BCUT2D eigenvalue weighted by molar-refractivity contribution is -0.131. The number of benzene rings is 1. The van der Waals surface area contributed by atoms with Crippen molar-refractivity contribution in [1.29, 1.82) is 0 Å². The lowest BCUT2D eigenvalue weighted by Gasteiger charge is -2.24. The minimum atomic E-state index is -0.265. The van der Waals surface area contributed by atoms with Gasteiger partial charge >= 0.3 is 0 Å². The molecule has 1 aromatic carbocycles. The van der Waals surface area contributed by atoms with E-state index in [0.717, 1.165) is 24.9 Å². The summed E-state index contributed by atoms with van der Waals surface area (Å²) < 4.78 is 12.9. The molecule has 2 heterocycles. The van der Waals surface area contributed by atoms with E-state index in [-0.39, 0.29) is 17.8 Å². The average molecular weight is 289 g/mol. The molecule has 0 radical (unpaired) electrons. The fraction of sp³-hybridized carbons (Fsp3) is 0.312. The van der Waals surface area contributed by atoms with Crippen LogP contribution in [0.2, 0.25) is 0 Å². The van der Waals surface area contributed by atoms with Crippen LogP contribution < -0.4 is 0 Å². The van der Waals surface area contributed by atoms with Gasteiger partial charge in [-0.15, -0.1) is 11.3 Å². The molecule has 4 heteroatoms. The maximum atomic E-state index is 12.9. The summed E-state index contributed by atoms with van der Waals surface area (Å²) in [6, 6.07) is 10.5. The number of carbonyl (C=O) groups excluding carboxylic acids is 1. The molecule has 1 amide bonds. The first-order valence-corrected chi connectivity index (χ1v) is 7.69. The van der Waals surface area contributed by atoms with Gasteiger partial charge in [0.05, 0.1) is 12.5 Å². The van der Waals surface area contributed by atoms with Gasteiger partial charge in [0.15, 0.2) is 0 Å². The molecule has 0 aliphatic carbocycles. The van der Waals surface area contributed by atoms with Crippen LogP contribution in [0, 0.1) is 5.82 Å². The number of likely N-dealkylation sites (tertiary alicyclic amines) is 1. The number of amides is 1. The van der Waals surface area contributed by atoms with Gasteiger partial charge in [-0.05, 0) is 42.0 Å². The zero-order chi connectivity index (χ0) is 13.9. The van der Waals surface area contributed by atoms with Crippen LogP contribution >= 0.6 is 11.3 Å². The highest BCUT2D eigenvalue weighted by Crippen LogP contribution is 2.34. The quantitative estimate of drug-likeness (QED) is 0.841. The molecule has 1 fully saturated rings. The summed E-state index contributed by atoms with van der Waals surface area (Å²) in [5, 5.41) is 2.05. The van der Waals surface area contributed by atoms with Gasteiger partial charge in [0.25, 0.3) is 0 Å². The van der Waals surface area contributed by atoms with Gasteiger partial charge in [0.2, 0.25) is 5.91 Å². The maximum Gasteiger partial charge on any atom is 0.227 e. The lowest BCUT2D eigenvalue weighted by atomic mass is 10.1. The molecular formula is C16H16FNOS. The van der Waals surface area contributed by atoms with Crippen LogP contribution in [0.5, 0.6) is 0 Å². The molecule has 0 unspecified atom stereocenters. The molecule has 0 bridgehead atoms. The topological polar surface area (TPSA) is 20.3 Å². The molecule has 1 saturated heterocycles. The third-order valence-electron chi connectivity index (χ3n) is 3.71. The van der Waals surface area contributed by atoms with Crippen molar-refractivity contribution in [2.75, 3.05) is 6.54 Å². The Bertz CT molecular complexity index is 579. The van der Waals surface area contributed by atoms with Crippen molar-refractivity contribution in [3.05, 3.63) is 58.0 Å². The Kier molecular flexibility index (Phi) is 3.83. The molecule has 20 heavy (non-hydrogen) atoms. The summed E-state index contributed by atoms with van der Waals surface area (Å²) in [4.78, 5) is 15.7. The van der Waals surface area contributed by atoms with Gasteiger partial charge in [0.1, 0.15) is 5.82 Å². The van der Waals surface area contributed by atoms with E-state index < -0.39 is 0 Å². The summed E-state index contributed by atoms with van der Waals surface area (Å²) in [6.45, 7) is 0.822. The van der Waals surface area contributed by atoms with E-state index in [9.17, 15) is 9.18 Å². The second-order valence-corrected chi connectivity index (χ2v) is 6.04. The minimum Gasteiger partial charge on any atom is -0.335 e. The van der Waals surface area contributed by atoms with Crippen molar-refractivity contribution in [3.63, 3.8) is 0 Å². The summed E-state index contributed by atoms with van der Waals surface area (Å²) in [5.74, 6) is -0.133. The molecule has 1 aromatic heterocycles. The largest absolute Gasteiger partial charge is 0.335 e. The molecule has 1 aliphatic rings. The third-order valence-corrected chi connectivity index (χ3v) is 4.69. The molecule has 3 rings (SSSR count). The van der Waals surface area contributed by atoms with E-state index in [4.69, 9.17) is 0 Å². The minimum absolute atomic E-state index is 0.132. The predicted molar refractivity (Wildman–Crippen MR) is 78.1 cm³/mol. The average Bonchev–Trinajstić information content (AvgIpc) is 3.11. The Hall–Kier alpha value is -1.68. The SMILES string of the molecule is O=C(Cc1ccc(F)cc1)N1CCC[C@@H]1c1cccs1. The standard InChI is InChI=1S/C16H16FNOS/c17-13-7-5-12(6-8-13)11-16(19)18-9-1-3-14(18)15-4-2-10-20-15/h2,4-8,10,14H,1,3,9,11H2/t14-/m1/s1. The Morgan fingerprint density at radius 2 is 2.10 bits per heavy atom. The molecule has 2 aromatic rings. The Labute approximate surface area is 121 Å². The number of thiophene rings is 1. The van der Waals surface area contributed by atoms with Gasteiger partial charge in [-0.25, -0.2) is 4.39 Å². The van der Waals surface area contributed by atoms with Gasteiger partial charge in [-0.3, -0.25) is 4.79 Å². The van der Waals surface area contributed by atoms with E-state index >= 15 is 0 Å². The molecule has 2 nitrogen and oxygen atoms in total. The Balaban J connectivity index is 1.71. The summed E-state index contributed by atoms with van der Waals surface area (Å²) >= 11 is 1.71. The van der Waals surface area contributed by atoms with Crippen LogP contribution in [-0.4, -0.2) is 17.4 Å². The maximum absolute atomic E-state index is 12.9. The molecule has 0 saturated carbocycles. The second kappa shape index (κ2) is 5.75. The number of rotatable bonds is 3. The first-order chi connectivity index (χ1) is 9.74. The highest BCUT2D eigenvalue weighted by molar-refractivity contribution is 7.10. The summed E-state index contributed by atoms with van der Waals surface area (Å²) in [6.07, 6.45) is 2.44. The third kappa shape index (κ3) is 2.75. The first-order valence-electron chi connectivity index (χ1n) is 6.81. The number of hydrogen-bond acceptors (Lipinski definition) is 2. The summed E-state index contributed by atoms with van der Waals surface area (Å²) in [7, 11) is 0. The van der Waals surface area contributed by atoms with Crippen molar-refractivity contribution < 1.29 is 9.18 Å². The van der Waals surface area contributed by atoms with Crippen LogP contribution in [0.1, 0.15) is 29.3 Å². The predicted octanol–water partition coefficient (Wildman–Crippen LogP) is 3.79. The van der Waals surface area contributed by atoms with E-state index in [1.165, 1.54) is 17.0 Å². The molecular weight excluding hydrogens is 273 g/mol. The molecule has 0 spiro atoms. The highest BCUT2D eigenvalue weighted by atomic mass is 32.1. The Morgan fingerprint density at radius 3 is 2.80 bits per heavy atom. The highest BCUT2D eigenvalue weighted by Gasteiger charge is 2.30. The molecule has 0 N–H and O–H groups in total. The van der Waals surface area contributed by atoms with E-state index in [1.807, 2.05) is 11.0 Å². The number of hydrogen-bond donors (Lipinski definition) is 0. The van der Waals surface area contributed by atoms with Crippen LogP contribution in [0.3, 0.4) is 0 Å². The van der Waals surface area contributed by atoms with Crippen LogP contribution in [0.15, 0.2) is 41.8 Å². The zero-order valence-electron chi connectivity index (χ0n) is 11.1. The lowest BCUT2D eigenvalue weighted by Crippen LogP contribution is -2.31. The van der Waals surface area contributed by atoms with Crippen LogP contribution in [0.4, 0.5) is 4.39 Å². The van der Waals surface area contributed by atoms with E-state index in [2.05, 4.69) is 11.4 Å². The molecule has 1 aliphatic heterocycles. The first kappa shape index (κ1) is 13.3.